The maximum Gasteiger partial charge on any atom is 0.145 e. The molecule has 0 amide bonds. The molecule has 0 aliphatic rings. The first-order valence-electron chi connectivity index (χ1n) is 4.92. The molecule has 0 saturated carbocycles. The van der Waals surface area contributed by atoms with E-state index in [2.05, 4.69) is 24.3 Å². The lowest BCUT2D eigenvalue weighted by molar-refractivity contribution is -0.104. The third kappa shape index (κ3) is 2.13. The topological polar surface area (TPSA) is 17.1 Å². The monoisotopic (exact) mass is 196 g/mol. The molecule has 0 unspecified atom stereocenters. The molecule has 0 N–H and O–H groups in total. The quantitative estimate of drug-likeness (QED) is 0.531. The highest BCUT2D eigenvalue weighted by Gasteiger charge is 1.93. The Bertz CT molecular complexity index is 524. The predicted molar refractivity (Wildman–Crippen MR) is 63.7 cm³/mol. The van der Waals surface area contributed by atoms with E-state index >= 15 is 0 Å². The molecular weight excluding hydrogens is 184 g/mol. The van der Waals surface area contributed by atoms with E-state index in [-0.39, 0.29) is 0 Å². The number of hydrogen-bond acceptors (Lipinski definition) is 1. The van der Waals surface area contributed by atoms with Crippen molar-refractivity contribution in [1.82, 2.24) is 0 Å². The first-order chi connectivity index (χ1) is 7.29. The lowest BCUT2D eigenvalue weighted by atomic mass is 10.1. The van der Waals surface area contributed by atoms with Crippen LogP contribution < -0.4 is 0 Å². The zero-order valence-corrected chi connectivity index (χ0v) is 8.60. The number of carbonyl (C=O) groups is 1. The van der Waals surface area contributed by atoms with Crippen molar-refractivity contribution in [3.05, 3.63) is 53.6 Å². The van der Waals surface area contributed by atoms with Gasteiger partial charge in [0.1, 0.15) is 6.29 Å². The fourth-order valence-electron chi connectivity index (χ4n) is 1.59. The summed E-state index contributed by atoms with van der Waals surface area (Å²) in [6.45, 7) is 1.81. The molecule has 0 aliphatic carbocycles. The molecule has 0 radical (unpaired) electrons. The molecule has 0 aliphatic heterocycles. The van der Waals surface area contributed by atoms with Crippen LogP contribution in [-0.4, -0.2) is 6.29 Å². The lowest BCUT2D eigenvalue weighted by Gasteiger charge is -1.99. The third-order valence-electron chi connectivity index (χ3n) is 2.35. The van der Waals surface area contributed by atoms with E-state index < -0.39 is 0 Å². The van der Waals surface area contributed by atoms with E-state index in [4.69, 9.17) is 0 Å². The highest BCUT2D eigenvalue weighted by molar-refractivity contribution is 5.87. The van der Waals surface area contributed by atoms with Crippen molar-refractivity contribution in [2.24, 2.45) is 0 Å². The van der Waals surface area contributed by atoms with Crippen LogP contribution in [0.25, 0.3) is 16.8 Å². The normalized spacial score (nSPS) is 11.7. The number of allylic oxidation sites excluding steroid dienone is 1. The van der Waals surface area contributed by atoms with Gasteiger partial charge in [-0.1, -0.05) is 36.4 Å². The molecule has 74 valence electrons. The second kappa shape index (κ2) is 4.09. The lowest BCUT2D eigenvalue weighted by Crippen LogP contribution is -1.79. The summed E-state index contributed by atoms with van der Waals surface area (Å²) in [5.74, 6) is 0. The van der Waals surface area contributed by atoms with Gasteiger partial charge in [0, 0.05) is 0 Å². The maximum atomic E-state index is 10.5. The minimum absolute atomic E-state index is 0.741. The molecule has 0 aromatic heterocycles. The second-order valence-electron chi connectivity index (χ2n) is 3.61. The molecule has 0 fully saturated rings. The summed E-state index contributed by atoms with van der Waals surface area (Å²) in [6.07, 6.45) is 2.76. The van der Waals surface area contributed by atoms with Crippen LogP contribution in [0, 0.1) is 0 Å². The van der Waals surface area contributed by atoms with E-state index in [9.17, 15) is 4.79 Å². The van der Waals surface area contributed by atoms with Crippen molar-refractivity contribution in [2.45, 2.75) is 6.92 Å². The van der Waals surface area contributed by atoms with Crippen LogP contribution in [0.5, 0.6) is 0 Å². The van der Waals surface area contributed by atoms with Gasteiger partial charge >= 0.3 is 0 Å². The molecular formula is C14H12O. The molecule has 2 aromatic rings. The van der Waals surface area contributed by atoms with Gasteiger partial charge in [0.25, 0.3) is 0 Å². The summed E-state index contributed by atoms with van der Waals surface area (Å²) >= 11 is 0. The average molecular weight is 196 g/mol. The predicted octanol–water partition coefficient (Wildman–Crippen LogP) is 3.44. The Hall–Kier alpha value is -1.89. The van der Waals surface area contributed by atoms with Crippen LogP contribution >= 0.6 is 0 Å². The molecule has 15 heavy (non-hydrogen) atoms. The smallest absolute Gasteiger partial charge is 0.145 e. The van der Waals surface area contributed by atoms with Gasteiger partial charge in [-0.05, 0) is 41.0 Å². The van der Waals surface area contributed by atoms with Gasteiger partial charge in [0.05, 0.1) is 0 Å². The number of benzene rings is 2. The van der Waals surface area contributed by atoms with Crippen molar-refractivity contribution in [1.29, 1.82) is 0 Å². The van der Waals surface area contributed by atoms with Crippen molar-refractivity contribution in [2.75, 3.05) is 0 Å². The van der Waals surface area contributed by atoms with Gasteiger partial charge in [-0.25, -0.2) is 0 Å². The van der Waals surface area contributed by atoms with E-state index in [1.165, 1.54) is 10.8 Å². The van der Waals surface area contributed by atoms with E-state index in [0.29, 0.717) is 0 Å². The number of aldehydes is 1. The molecule has 1 nitrogen and oxygen atoms in total. The summed E-state index contributed by atoms with van der Waals surface area (Å²) in [4.78, 5) is 10.5. The number of rotatable bonds is 2. The van der Waals surface area contributed by atoms with E-state index in [1.807, 2.05) is 31.2 Å². The molecule has 0 bridgehead atoms. The highest BCUT2D eigenvalue weighted by Crippen LogP contribution is 2.17. The molecule has 0 heterocycles. The molecule has 0 saturated heterocycles. The fourth-order valence-corrected chi connectivity index (χ4v) is 1.59. The standard InChI is InChI=1S/C14H12O/c1-11(10-15)8-12-6-7-13-4-2-3-5-14(13)9-12/h2-10H,1H3/b11-8+. The van der Waals surface area contributed by atoms with Crippen LogP contribution in [0.4, 0.5) is 0 Å². The van der Waals surface area contributed by atoms with Crippen LogP contribution in [0.1, 0.15) is 12.5 Å². The van der Waals surface area contributed by atoms with Crippen molar-refractivity contribution >= 4 is 23.1 Å². The SMILES string of the molecule is C/C(C=O)=C\c1ccc2ccccc2c1. The van der Waals surface area contributed by atoms with Gasteiger partial charge in [0.2, 0.25) is 0 Å². The first kappa shape index (κ1) is 9.66. The van der Waals surface area contributed by atoms with Gasteiger partial charge < -0.3 is 0 Å². The number of fused-ring (bicyclic) bond motifs is 1. The maximum absolute atomic E-state index is 10.5. The second-order valence-corrected chi connectivity index (χ2v) is 3.61. The molecule has 0 atom stereocenters. The zero-order valence-electron chi connectivity index (χ0n) is 8.60. The Balaban J connectivity index is 2.52. The van der Waals surface area contributed by atoms with Crippen LogP contribution in [0.2, 0.25) is 0 Å². The molecule has 1 heteroatoms. The van der Waals surface area contributed by atoms with Crippen molar-refractivity contribution in [3.8, 4) is 0 Å². The zero-order chi connectivity index (χ0) is 10.7. The summed E-state index contributed by atoms with van der Waals surface area (Å²) in [5, 5.41) is 2.42. The van der Waals surface area contributed by atoms with Crippen LogP contribution in [0.3, 0.4) is 0 Å². The minimum atomic E-state index is 0.741. The Morgan fingerprint density at radius 3 is 2.53 bits per heavy atom. The largest absolute Gasteiger partial charge is 0.298 e. The summed E-state index contributed by atoms with van der Waals surface area (Å²) < 4.78 is 0. The first-order valence-corrected chi connectivity index (χ1v) is 4.92. The molecule has 2 rings (SSSR count). The van der Waals surface area contributed by atoms with Crippen LogP contribution in [0.15, 0.2) is 48.0 Å². The third-order valence-corrected chi connectivity index (χ3v) is 2.35. The van der Waals surface area contributed by atoms with Crippen molar-refractivity contribution in [3.63, 3.8) is 0 Å². The number of hydrogen-bond donors (Lipinski definition) is 0. The van der Waals surface area contributed by atoms with Gasteiger partial charge in [-0.3, -0.25) is 4.79 Å². The summed E-state index contributed by atoms with van der Waals surface area (Å²) in [6, 6.07) is 14.4. The van der Waals surface area contributed by atoms with Crippen molar-refractivity contribution < 1.29 is 4.79 Å². The summed E-state index contributed by atoms with van der Waals surface area (Å²) in [7, 11) is 0. The Kier molecular flexibility index (Phi) is 2.64. The summed E-state index contributed by atoms with van der Waals surface area (Å²) in [5.41, 5.74) is 1.81. The van der Waals surface area contributed by atoms with E-state index in [0.717, 1.165) is 17.4 Å². The minimum Gasteiger partial charge on any atom is -0.298 e. The molecule has 0 spiro atoms. The fraction of sp³-hybridized carbons (Fsp3) is 0.0714. The van der Waals surface area contributed by atoms with Gasteiger partial charge in [-0.15, -0.1) is 0 Å². The molecule has 2 aromatic carbocycles. The highest BCUT2D eigenvalue weighted by atomic mass is 16.1. The Morgan fingerprint density at radius 1 is 1.07 bits per heavy atom. The van der Waals surface area contributed by atoms with Gasteiger partial charge in [-0.2, -0.15) is 0 Å². The Morgan fingerprint density at radius 2 is 1.80 bits per heavy atom. The van der Waals surface area contributed by atoms with Crippen LogP contribution in [-0.2, 0) is 4.79 Å². The average Bonchev–Trinajstić information content (AvgIpc) is 2.29. The number of carbonyl (C=O) groups excluding carboxylic acids is 1. The van der Waals surface area contributed by atoms with Gasteiger partial charge in [0.15, 0.2) is 0 Å². The Labute approximate surface area is 89.0 Å². The van der Waals surface area contributed by atoms with E-state index in [1.54, 1.807) is 0 Å².